The number of carbonyl (C=O) groups excluding carboxylic acids is 1. The third-order valence-electron chi connectivity index (χ3n) is 15.2. The summed E-state index contributed by atoms with van der Waals surface area (Å²) in [5.74, 6) is 1.77. The molecule has 10 atom stereocenters. The largest absolute Gasteiger partial charge is 0.481 e. The van der Waals surface area contributed by atoms with E-state index >= 15 is 0 Å². The zero-order valence-electron chi connectivity index (χ0n) is 28.9. The minimum absolute atomic E-state index is 0.0978. The number of piperidine rings is 1. The first kappa shape index (κ1) is 32.3. The van der Waals surface area contributed by atoms with Gasteiger partial charge in [-0.3, -0.25) is 9.69 Å². The van der Waals surface area contributed by atoms with E-state index in [2.05, 4.69) is 43.6 Å². The van der Waals surface area contributed by atoms with Crippen LogP contribution in [0.15, 0.2) is 11.6 Å². The molecule has 6 nitrogen and oxygen atoms in total. The smallest absolute Gasteiger partial charge is 0.315 e. The highest BCUT2D eigenvalue weighted by molar-refractivity contribution is 5.90. The highest BCUT2D eigenvalue weighted by Gasteiger charge is 2.86. The average molecular weight is 623 g/mol. The van der Waals surface area contributed by atoms with E-state index in [4.69, 9.17) is 4.74 Å². The van der Waals surface area contributed by atoms with Crippen molar-refractivity contribution >= 4 is 12.3 Å². The molecular weight excluding hydrogens is 560 g/mol. The Morgan fingerprint density at radius 3 is 2.47 bits per heavy atom. The molecule has 6 heteroatoms. The molecule has 6 unspecified atom stereocenters. The normalized spacial score (nSPS) is 44.9. The number of aliphatic carboxylic acids is 1. The number of hydrogen-bond donors (Lipinski definition) is 1. The van der Waals surface area contributed by atoms with Crippen molar-refractivity contribution in [3.63, 3.8) is 0 Å². The molecule has 4 saturated carbocycles. The second-order valence-corrected chi connectivity index (χ2v) is 17.1. The van der Waals surface area contributed by atoms with E-state index in [1.165, 1.54) is 70.7 Å². The summed E-state index contributed by atoms with van der Waals surface area (Å²) in [5.41, 5.74) is -1.42. The van der Waals surface area contributed by atoms with Crippen molar-refractivity contribution in [3.05, 3.63) is 11.6 Å². The molecule has 2 saturated heterocycles. The maximum absolute atomic E-state index is 14.2. The number of carboxylic acid groups (broad SMARTS) is 1. The molecule has 0 amide bonds. The van der Waals surface area contributed by atoms with E-state index in [9.17, 15) is 14.7 Å². The van der Waals surface area contributed by atoms with Crippen LogP contribution in [0.5, 0.6) is 0 Å². The Morgan fingerprint density at radius 1 is 1.07 bits per heavy atom. The van der Waals surface area contributed by atoms with Crippen LogP contribution in [-0.4, -0.2) is 78.6 Å². The molecule has 0 aromatic heterocycles. The number of carboxylic acids is 1. The second-order valence-electron chi connectivity index (χ2n) is 17.1. The number of allylic oxidation sites excluding steroid dienone is 1. The molecular formula is C39H62N2O4. The molecule has 0 aromatic carbocycles. The highest BCUT2D eigenvalue weighted by Crippen LogP contribution is 2.84. The molecule has 0 aromatic rings. The van der Waals surface area contributed by atoms with Gasteiger partial charge in [0.2, 0.25) is 0 Å². The molecule has 7 aliphatic rings. The van der Waals surface area contributed by atoms with E-state index in [-0.39, 0.29) is 30.0 Å². The second kappa shape index (κ2) is 12.3. The molecule has 2 aliphatic heterocycles. The van der Waals surface area contributed by atoms with Crippen LogP contribution in [0.25, 0.3) is 0 Å². The van der Waals surface area contributed by atoms with E-state index in [1.54, 1.807) is 0 Å². The Morgan fingerprint density at radius 2 is 1.80 bits per heavy atom. The van der Waals surface area contributed by atoms with Crippen LogP contribution < -0.4 is 0 Å². The number of aldehydes is 1. The van der Waals surface area contributed by atoms with Crippen molar-refractivity contribution in [1.82, 2.24) is 9.80 Å². The monoisotopic (exact) mass is 622 g/mol. The summed E-state index contributed by atoms with van der Waals surface area (Å²) >= 11 is 0. The van der Waals surface area contributed by atoms with Crippen LogP contribution in [-0.2, 0) is 14.3 Å². The number of carbonyl (C=O) groups is 2. The third kappa shape index (κ3) is 4.64. The molecule has 2 heterocycles. The van der Waals surface area contributed by atoms with Gasteiger partial charge in [0.05, 0.1) is 17.6 Å². The number of fused-ring (bicyclic) bond motifs is 2. The zero-order chi connectivity index (χ0) is 31.6. The maximum Gasteiger partial charge on any atom is 0.315 e. The number of likely N-dealkylation sites (N-methyl/N-ethyl adjacent to an activating group) is 1. The van der Waals surface area contributed by atoms with Crippen molar-refractivity contribution in [3.8, 4) is 0 Å². The van der Waals surface area contributed by atoms with Crippen LogP contribution in [0, 0.1) is 57.7 Å². The predicted molar refractivity (Wildman–Crippen MR) is 178 cm³/mol. The molecule has 45 heavy (non-hydrogen) atoms. The minimum Gasteiger partial charge on any atom is -0.481 e. The zero-order valence-corrected chi connectivity index (χ0v) is 28.9. The lowest BCUT2D eigenvalue weighted by atomic mass is 9.41. The summed E-state index contributed by atoms with van der Waals surface area (Å²) in [6.07, 6.45) is 18.9. The van der Waals surface area contributed by atoms with Gasteiger partial charge >= 0.3 is 5.97 Å². The number of ether oxygens (including phenoxy) is 1. The minimum atomic E-state index is -1.14. The van der Waals surface area contributed by atoms with Gasteiger partial charge in [-0.1, -0.05) is 84.3 Å². The summed E-state index contributed by atoms with van der Waals surface area (Å²) in [4.78, 5) is 33.1. The topological polar surface area (TPSA) is 70.1 Å². The van der Waals surface area contributed by atoms with E-state index in [0.29, 0.717) is 30.1 Å². The first-order valence-corrected chi connectivity index (χ1v) is 19.3. The van der Waals surface area contributed by atoms with Gasteiger partial charge in [-0.2, -0.15) is 0 Å². The van der Waals surface area contributed by atoms with E-state index < -0.39 is 22.2 Å². The fourth-order valence-electron chi connectivity index (χ4n) is 13.3. The summed E-state index contributed by atoms with van der Waals surface area (Å²) in [6.45, 7) is 15.7. The number of likely N-dealkylation sites (tertiary alicyclic amines) is 1. The number of hydrogen-bond acceptors (Lipinski definition) is 5. The fourth-order valence-corrected chi connectivity index (χ4v) is 13.3. The lowest BCUT2D eigenvalue weighted by Gasteiger charge is -2.60. The Kier molecular flexibility index (Phi) is 8.86. The van der Waals surface area contributed by atoms with Crippen LogP contribution >= 0.6 is 0 Å². The van der Waals surface area contributed by atoms with Crippen LogP contribution in [0.1, 0.15) is 111 Å². The van der Waals surface area contributed by atoms with Gasteiger partial charge in [0, 0.05) is 25.0 Å². The van der Waals surface area contributed by atoms with Gasteiger partial charge in [0.15, 0.2) is 0 Å². The summed E-state index contributed by atoms with van der Waals surface area (Å²) < 4.78 is 7.50. The summed E-state index contributed by atoms with van der Waals surface area (Å²) in [7, 11) is 0. The lowest BCUT2D eigenvalue weighted by molar-refractivity contribution is -0.197. The Labute approximate surface area is 273 Å². The van der Waals surface area contributed by atoms with Gasteiger partial charge in [-0.05, 0) is 99.6 Å². The van der Waals surface area contributed by atoms with Gasteiger partial charge in [-0.15, -0.1) is 0 Å². The Balaban J connectivity index is 1.25. The molecule has 7 rings (SSSR count). The van der Waals surface area contributed by atoms with E-state index in [0.717, 1.165) is 57.4 Å². The van der Waals surface area contributed by atoms with Crippen molar-refractivity contribution in [2.24, 2.45) is 57.7 Å². The average Bonchev–Trinajstić information content (AvgIpc) is 3.77. The van der Waals surface area contributed by atoms with Crippen LogP contribution in [0.4, 0.5) is 0 Å². The van der Waals surface area contributed by atoms with E-state index in [1.807, 2.05) is 0 Å². The fraction of sp³-hybridized carbons (Fsp3) is 0.897. The van der Waals surface area contributed by atoms with Crippen molar-refractivity contribution in [2.75, 3.05) is 39.3 Å². The third-order valence-corrected chi connectivity index (χ3v) is 15.2. The maximum atomic E-state index is 14.2. The molecule has 1 N–H and O–H groups in total. The highest BCUT2D eigenvalue weighted by atomic mass is 16.5. The predicted octanol–water partition coefficient (Wildman–Crippen LogP) is 7.07. The van der Waals surface area contributed by atoms with Gasteiger partial charge in [0.25, 0.3) is 0 Å². The molecule has 0 radical (unpaired) electrons. The first-order valence-electron chi connectivity index (χ1n) is 19.3. The molecule has 252 valence electrons. The number of rotatable bonds is 11. The van der Waals surface area contributed by atoms with Gasteiger partial charge < -0.3 is 19.5 Å². The molecule has 6 fully saturated rings. The first-order chi connectivity index (χ1) is 21.7. The Bertz CT molecular complexity index is 1140. The molecule has 5 aliphatic carbocycles. The van der Waals surface area contributed by atoms with Gasteiger partial charge in [-0.25, -0.2) is 0 Å². The van der Waals surface area contributed by atoms with Crippen molar-refractivity contribution in [2.45, 2.75) is 123 Å². The SMILES string of the molecule is CCN(CCN1CCCCC1)CC1OC(C23C[C@@H]4[C@H](C)CC[C@H]4C4(C=O)CC2C=C(C(C)C)[C@@]34C(=O)O)CC1C1CCCCC1. The van der Waals surface area contributed by atoms with Crippen molar-refractivity contribution in [1.29, 1.82) is 0 Å². The number of nitrogens with zero attached hydrogens (tertiary/aromatic N) is 2. The quantitative estimate of drug-likeness (QED) is 0.196. The van der Waals surface area contributed by atoms with Gasteiger partial charge in [0.1, 0.15) is 11.7 Å². The Hall–Kier alpha value is -1.24. The van der Waals surface area contributed by atoms with Crippen LogP contribution in [0.2, 0.25) is 0 Å². The lowest BCUT2D eigenvalue weighted by Crippen LogP contribution is -2.65. The molecule has 4 bridgehead atoms. The summed E-state index contributed by atoms with van der Waals surface area (Å²) in [6, 6.07) is 0. The standard InChI is InChI=1S/C39H62N2O4/c1-5-40(18-19-41-16-10-7-11-17-41)24-34-30(28-12-8-6-9-13-28)21-35(45-34)38-23-31-27(4)14-15-32(31)37(25-42)22-29(38)20-33(26(2)3)39(37,38)36(43)44/h20,25-32,34-35H,5-19,21-24H2,1-4H3,(H,43,44)/t27-,29?,30?,31-,32-,34?,35?,37?,38?,39+/m1/s1. The summed E-state index contributed by atoms with van der Waals surface area (Å²) in [5, 5.41) is 11.6. The van der Waals surface area contributed by atoms with Crippen molar-refractivity contribution < 1.29 is 19.4 Å². The molecule has 0 spiro atoms. The van der Waals surface area contributed by atoms with Crippen LogP contribution in [0.3, 0.4) is 0 Å².